The molecule has 0 radical (unpaired) electrons. The second-order valence-electron chi connectivity index (χ2n) is 8.76. The van der Waals surface area contributed by atoms with Crippen molar-refractivity contribution in [1.82, 2.24) is 15.1 Å². The van der Waals surface area contributed by atoms with Crippen LogP contribution in [0.4, 0.5) is 0 Å². The third-order valence-electron chi connectivity index (χ3n) is 6.19. The summed E-state index contributed by atoms with van der Waals surface area (Å²) in [4.78, 5) is 20.5. The van der Waals surface area contributed by atoms with Crippen LogP contribution >= 0.6 is 0 Å². The summed E-state index contributed by atoms with van der Waals surface area (Å²) in [5.41, 5.74) is 1.30. The number of likely N-dealkylation sites (tertiary alicyclic amines) is 1. The van der Waals surface area contributed by atoms with E-state index in [1.54, 1.807) is 19.0 Å². The molecule has 1 aliphatic carbocycles. The SMILES string of the molecule is CN(C)C(=O)CN=C(NCCc1ccccc1)N1CCC(OCC2CCCC2)CC1. The Morgan fingerprint density at radius 2 is 1.83 bits per heavy atom. The number of nitrogens with one attached hydrogen (secondary N) is 1. The Kier molecular flexibility index (Phi) is 9.00. The van der Waals surface area contributed by atoms with Crippen molar-refractivity contribution in [3.8, 4) is 0 Å². The third kappa shape index (κ3) is 7.31. The van der Waals surface area contributed by atoms with E-state index in [-0.39, 0.29) is 12.5 Å². The van der Waals surface area contributed by atoms with Crippen LogP contribution in [-0.2, 0) is 16.0 Å². The number of nitrogens with zero attached hydrogens (tertiary/aromatic N) is 3. The van der Waals surface area contributed by atoms with Gasteiger partial charge in [-0.1, -0.05) is 43.2 Å². The molecule has 166 valence electrons. The molecule has 2 fully saturated rings. The van der Waals surface area contributed by atoms with Crippen LogP contribution in [0.15, 0.2) is 35.3 Å². The Balaban J connectivity index is 1.49. The Labute approximate surface area is 181 Å². The number of rotatable bonds is 8. The van der Waals surface area contributed by atoms with Crippen molar-refractivity contribution in [2.24, 2.45) is 10.9 Å². The lowest BCUT2D eigenvalue weighted by molar-refractivity contribution is -0.127. The molecule has 0 aromatic heterocycles. The summed E-state index contributed by atoms with van der Waals surface area (Å²) in [6, 6.07) is 10.4. The number of guanidine groups is 1. The predicted molar refractivity (Wildman–Crippen MR) is 122 cm³/mol. The summed E-state index contributed by atoms with van der Waals surface area (Å²) in [5.74, 6) is 1.64. The molecule has 6 heteroatoms. The summed E-state index contributed by atoms with van der Waals surface area (Å²) in [6.45, 7) is 3.75. The fourth-order valence-electron chi connectivity index (χ4n) is 4.20. The van der Waals surface area contributed by atoms with Gasteiger partial charge in [0.15, 0.2) is 5.96 Å². The zero-order chi connectivity index (χ0) is 21.2. The van der Waals surface area contributed by atoms with E-state index in [1.807, 2.05) is 6.07 Å². The number of likely N-dealkylation sites (N-methyl/N-ethyl adjacent to an activating group) is 1. The molecular weight excluding hydrogens is 376 g/mol. The van der Waals surface area contributed by atoms with Crippen molar-refractivity contribution < 1.29 is 9.53 Å². The Hall–Kier alpha value is -2.08. The highest BCUT2D eigenvalue weighted by Crippen LogP contribution is 2.26. The first-order valence-electron chi connectivity index (χ1n) is 11.5. The van der Waals surface area contributed by atoms with Crippen molar-refractivity contribution in [3.63, 3.8) is 0 Å². The van der Waals surface area contributed by atoms with Crippen LogP contribution < -0.4 is 5.32 Å². The van der Waals surface area contributed by atoms with E-state index in [2.05, 4.69) is 39.5 Å². The maximum Gasteiger partial charge on any atom is 0.243 e. The molecule has 1 N–H and O–H groups in total. The number of amides is 1. The molecule has 0 bridgehead atoms. The second-order valence-corrected chi connectivity index (χ2v) is 8.76. The molecule has 1 saturated heterocycles. The van der Waals surface area contributed by atoms with Gasteiger partial charge in [0.1, 0.15) is 6.54 Å². The fourth-order valence-corrected chi connectivity index (χ4v) is 4.20. The molecule has 1 heterocycles. The minimum Gasteiger partial charge on any atom is -0.378 e. The standard InChI is InChI=1S/C24H38N4O2/c1-27(2)23(29)18-26-24(25-15-12-20-8-4-3-5-9-20)28-16-13-22(14-17-28)30-19-21-10-6-7-11-21/h3-5,8-9,21-22H,6-7,10-19H2,1-2H3,(H,25,26). The maximum absolute atomic E-state index is 12.0. The van der Waals surface area contributed by atoms with Crippen molar-refractivity contribution in [1.29, 1.82) is 0 Å². The zero-order valence-electron chi connectivity index (χ0n) is 18.7. The van der Waals surface area contributed by atoms with E-state index in [0.29, 0.717) is 6.10 Å². The van der Waals surface area contributed by atoms with E-state index in [9.17, 15) is 4.79 Å². The van der Waals surface area contributed by atoms with Crippen LogP contribution in [0.5, 0.6) is 0 Å². The van der Waals surface area contributed by atoms with Gasteiger partial charge in [-0.25, -0.2) is 4.99 Å². The number of carbonyl (C=O) groups is 1. The largest absolute Gasteiger partial charge is 0.378 e. The number of aliphatic imine (C=N–C) groups is 1. The van der Waals surface area contributed by atoms with Gasteiger partial charge in [0.05, 0.1) is 6.10 Å². The molecule has 0 spiro atoms. The number of benzene rings is 1. The summed E-state index contributed by atoms with van der Waals surface area (Å²) >= 11 is 0. The molecule has 0 atom stereocenters. The molecule has 30 heavy (non-hydrogen) atoms. The quantitative estimate of drug-likeness (QED) is 0.525. The number of ether oxygens (including phenoxy) is 1. The summed E-state index contributed by atoms with van der Waals surface area (Å²) < 4.78 is 6.22. The summed E-state index contributed by atoms with van der Waals surface area (Å²) in [7, 11) is 3.54. The highest BCUT2D eigenvalue weighted by atomic mass is 16.5. The number of carbonyl (C=O) groups excluding carboxylic acids is 1. The van der Waals surface area contributed by atoms with Gasteiger partial charge in [0, 0.05) is 40.3 Å². The van der Waals surface area contributed by atoms with Gasteiger partial charge in [-0.3, -0.25) is 4.79 Å². The first kappa shape index (κ1) is 22.6. The first-order chi connectivity index (χ1) is 14.6. The van der Waals surface area contributed by atoms with E-state index in [4.69, 9.17) is 4.74 Å². The Morgan fingerprint density at radius 1 is 1.13 bits per heavy atom. The highest BCUT2D eigenvalue weighted by Gasteiger charge is 2.24. The van der Waals surface area contributed by atoms with Crippen molar-refractivity contribution in [3.05, 3.63) is 35.9 Å². The van der Waals surface area contributed by atoms with Crippen molar-refractivity contribution in [2.45, 2.75) is 51.0 Å². The van der Waals surface area contributed by atoms with Crippen LogP contribution in [-0.4, -0.2) is 74.7 Å². The molecule has 1 aromatic rings. The molecule has 0 unspecified atom stereocenters. The van der Waals surface area contributed by atoms with Crippen LogP contribution in [0.2, 0.25) is 0 Å². The molecule has 3 rings (SSSR count). The van der Waals surface area contributed by atoms with Crippen LogP contribution in [0.1, 0.15) is 44.1 Å². The summed E-state index contributed by atoms with van der Waals surface area (Å²) in [6.07, 6.45) is 8.74. The lowest BCUT2D eigenvalue weighted by Crippen LogP contribution is -2.48. The monoisotopic (exact) mass is 414 g/mol. The van der Waals surface area contributed by atoms with Crippen molar-refractivity contribution in [2.75, 3.05) is 46.9 Å². The van der Waals surface area contributed by atoms with Gasteiger partial charge in [-0.2, -0.15) is 0 Å². The van der Waals surface area contributed by atoms with E-state index in [0.717, 1.165) is 57.4 Å². The molecule has 2 aliphatic rings. The molecular formula is C24H38N4O2. The van der Waals surface area contributed by atoms with Gasteiger partial charge >= 0.3 is 0 Å². The minimum atomic E-state index is 0.0205. The normalized spacial score (nSPS) is 18.6. The molecule has 1 aliphatic heterocycles. The fraction of sp³-hybridized carbons (Fsp3) is 0.667. The zero-order valence-corrected chi connectivity index (χ0v) is 18.7. The lowest BCUT2D eigenvalue weighted by Gasteiger charge is -2.34. The average Bonchev–Trinajstić information content (AvgIpc) is 3.29. The maximum atomic E-state index is 12.0. The van der Waals surface area contributed by atoms with Gasteiger partial charge in [-0.15, -0.1) is 0 Å². The Bertz CT molecular complexity index is 663. The van der Waals surface area contributed by atoms with Gasteiger partial charge in [0.2, 0.25) is 5.91 Å². The molecule has 1 aromatic carbocycles. The van der Waals surface area contributed by atoms with Gasteiger partial charge in [-0.05, 0) is 43.6 Å². The number of hydrogen-bond acceptors (Lipinski definition) is 3. The van der Waals surface area contributed by atoms with E-state index in [1.165, 1.54) is 31.2 Å². The summed E-state index contributed by atoms with van der Waals surface area (Å²) in [5, 5.41) is 3.49. The average molecular weight is 415 g/mol. The minimum absolute atomic E-state index is 0.0205. The first-order valence-corrected chi connectivity index (χ1v) is 11.5. The van der Waals surface area contributed by atoms with E-state index < -0.39 is 0 Å². The van der Waals surface area contributed by atoms with Crippen LogP contribution in [0.3, 0.4) is 0 Å². The van der Waals surface area contributed by atoms with Crippen molar-refractivity contribution >= 4 is 11.9 Å². The smallest absolute Gasteiger partial charge is 0.243 e. The van der Waals surface area contributed by atoms with Crippen LogP contribution in [0.25, 0.3) is 0 Å². The van der Waals surface area contributed by atoms with Gasteiger partial charge in [0.25, 0.3) is 0 Å². The number of piperidine rings is 1. The molecule has 1 amide bonds. The molecule has 6 nitrogen and oxygen atoms in total. The highest BCUT2D eigenvalue weighted by molar-refractivity contribution is 5.84. The number of hydrogen-bond donors (Lipinski definition) is 1. The lowest BCUT2D eigenvalue weighted by atomic mass is 10.1. The topological polar surface area (TPSA) is 57.2 Å². The van der Waals surface area contributed by atoms with Crippen LogP contribution in [0, 0.1) is 5.92 Å². The van der Waals surface area contributed by atoms with E-state index >= 15 is 0 Å². The third-order valence-corrected chi connectivity index (χ3v) is 6.19. The predicted octanol–water partition coefficient (Wildman–Crippen LogP) is 2.93. The molecule has 1 saturated carbocycles. The van der Waals surface area contributed by atoms with Gasteiger partial charge < -0.3 is 19.9 Å². The Morgan fingerprint density at radius 3 is 2.50 bits per heavy atom. The second kappa shape index (κ2) is 11.9.